The quantitative estimate of drug-likeness (QED) is 0.300. The van der Waals surface area contributed by atoms with E-state index in [1.807, 2.05) is 13.8 Å². The highest BCUT2D eigenvalue weighted by Crippen LogP contribution is 2.31. The highest BCUT2D eigenvalue weighted by Gasteiger charge is 2.27. The van der Waals surface area contributed by atoms with E-state index in [-0.39, 0.29) is 67.2 Å². The highest BCUT2D eigenvalue weighted by atomic mass is 35.5. The lowest BCUT2D eigenvalue weighted by atomic mass is 10.2. The maximum atomic E-state index is 12.9. The van der Waals surface area contributed by atoms with Gasteiger partial charge in [0, 0.05) is 40.3 Å². The Kier molecular flexibility index (Phi) is 12.5. The third-order valence-corrected chi connectivity index (χ3v) is 11.0. The topological polar surface area (TPSA) is 133 Å². The third-order valence-electron chi connectivity index (χ3n) is 5.68. The summed E-state index contributed by atoms with van der Waals surface area (Å²) in [5, 5.41) is 4.72. The summed E-state index contributed by atoms with van der Waals surface area (Å²) in [6, 6.07) is 4.56. The molecule has 0 spiro atoms. The minimum Gasteiger partial charge on any atom is -0.350 e. The number of benzene rings is 2. The van der Waals surface area contributed by atoms with Crippen LogP contribution in [0.15, 0.2) is 34.1 Å². The predicted molar refractivity (Wildman–Crippen MR) is 158 cm³/mol. The van der Waals surface area contributed by atoms with Crippen LogP contribution in [-0.4, -0.2) is 77.5 Å². The number of hydrogen-bond acceptors (Lipinski definition) is 6. The summed E-state index contributed by atoms with van der Waals surface area (Å²) in [5.74, 6) is -1.38. The van der Waals surface area contributed by atoms with Crippen molar-refractivity contribution in [2.24, 2.45) is 0 Å². The Morgan fingerprint density at radius 1 is 0.650 bits per heavy atom. The molecule has 0 aliphatic rings. The fraction of sp³-hybridized carbons (Fsp3) is 0.417. The lowest BCUT2D eigenvalue weighted by Crippen LogP contribution is -2.35. The van der Waals surface area contributed by atoms with Crippen molar-refractivity contribution in [1.29, 1.82) is 0 Å². The van der Waals surface area contributed by atoms with E-state index in [4.69, 9.17) is 46.4 Å². The van der Waals surface area contributed by atoms with Gasteiger partial charge in [-0.25, -0.2) is 25.4 Å². The molecule has 0 unspecified atom stereocenters. The number of rotatable bonds is 13. The van der Waals surface area contributed by atoms with Gasteiger partial charge in [-0.2, -0.15) is 0 Å². The summed E-state index contributed by atoms with van der Waals surface area (Å²) in [4.78, 5) is 25.0. The van der Waals surface area contributed by atoms with E-state index < -0.39 is 31.9 Å². The first-order chi connectivity index (χ1) is 18.6. The zero-order valence-corrected chi connectivity index (χ0v) is 26.9. The van der Waals surface area contributed by atoms with Gasteiger partial charge in [0.1, 0.15) is 9.79 Å². The molecule has 0 radical (unpaired) electrons. The molecule has 222 valence electrons. The van der Waals surface area contributed by atoms with Crippen molar-refractivity contribution in [3.63, 3.8) is 0 Å². The normalized spacial score (nSPS) is 12.2. The van der Waals surface area contributed by atoms with Gasteiger partial charge < -0.3 is 10.6 Å². The molecule has 0 aliphatic heterocycles. The largest absolute Gasteiger partial charge is 0.350 e. The highest BCUT2D eigenvalue weighted by molar-refractivity contribution is 7.89. The molecule has 0 heterocycles. The smallest absolute Gasteiger partial charge is 0.252 e. The molecule has 0 aromatic heterocycles. The predicted octanol–water partition coefficient (Wildman–Crippen LogP) is 4.52. The van der Waals surface area contributed by atoms with Crippen LogP contribution in [0.2, 0.25) is 20.1 Å². The molecule has 16 heteroatoms. The van der Waals surface area contributed by atoms with Crippen LogP contribution in [0.25, 0.3) is 0 Å². The van der Waals surface area contributed by atoms with Crippen LogP contribution < -0.4 is 10.6 Å². The Balaban J connectivity index is 2.15. The second kappa shape index (κ2) is 14.5. The van der Waals surface area contributed by atoms with Crippen molar-refractivity contribution >= 4 is 78.3 Å². The summed E-state index contributed by atoms with van der Waals surface area (Å²) >= 11 is 24.5. The van der Waals surface area contributed by atoms with Crippen LogP contribution in [-0.2, 0) is 20.0 Å². The van der Waals surface area contributed by atoms with E-state index in [1.165, 1.54) is 26.2 Å². The maximum absolute atomic E-state index is 12.9. The Morgan fingerprint density at radius 3 is 1.27 bits per heavy atom. The standard InChI is InChI=1S/C24H30Cl4N4O6S2/c1-5-9-31(3)39(35,36)21-11-15(17(25)13-19(21)27)23(33)29-7-8-30-24(34)16-12-22(20(28)14-18(16)26)40(37,38)32(4)10-6-2/h11-14H,5-10H2,1-4H3,(H,29,33)(H,30,34). The van der Waals surface area contributed by atoms with E-state index in [1.54, 1.807) is 0 Å². The third kappa shape index (κ3) is 8.01. The number of amides is 2. The molecule has 2 N–H and O–H groups in total. The van der Waals surface area contributed by atoms with Crippen LogP contribution in [0.1, 0.15) is 47.4 Å². The van der Waals surface area contributed by atoms with Crippen LogP contribution in [0, 0.1) is 0 Å². The number of hydrogen-bond donors (Lipinski definition) is 2. The lowest BCUT2D eigenvalue weighted by molar-refractivity contribution is 0.0927. The average molecular weight is 676 g/mol. The average Bonchev–Trinajstić information content (AvgIpc) is 2.86. The summed E-state index contributed by atoms with van der Waals surface area (Å²) < 4.78 is 53.7. The summed E-state index contributed by atoms with van der Waals surface area (Å²) in [7, 11) is -5.12. The van der Waals surface area contributed by atoms with Gasteiger partial charge >= 0.3 is 0 Å². The van der Waals surface area contributed by atoms with E-state index >= 15 is 0 Å². The summed E-state index contributed by atoms with van der Waals surface area (Å²) in [6.45, 7) is 4.00. The van der Waals surface area contributed by atoms with Crippen molar-refractivity contribution in [2.75, 3.05) is 40.3 Å². The Hall–Kier alpha value is -1.64. The second-order valence-electron chi connectivity index (χ2n) is 8.69. The van der Waals surface area contributed by atoms with Gasteiger partial charge in [0.15, 0.2) is 0 Å². The van der Waals surface area contributed by atoms with Crippen molar-refractivity contribution in [3.05, 3.63) is 55.5 Å². The van der Waals surface area contributed by atoms with Gasteiger partial charge in [-0.1, -0.05) is 60.3 Å². The number of nitrogens with zero attached hydrogens (tertiary/aromatic N) is 2. The van der Waals surface area contributed by atoms with Crippen LogP contribution in [0.4, 0.5) is 0 Å². The Bertz CT molecular complexity index is 1380. The molecule has 0 fully saturated rings. The molecule has 0 bridgehead atoms. The summed E-state index contributed by atoms with van der Waals surface area (Å²) in [6.07, 6.45) is 1.16. The van der Waals surface area contributed by atoms with Gasteiger partial charge in [-0.05, 0) is 37.1 Å². The Morgan fingerprint density at radius 2 is 0.975 bits per heavy atom. The maximum Gasteiger partial charge on any atom is 0.252 e. The van der Waals surface area contributed by atoms with Crippen molar-refractivity contribution in [1.82, 2.24) is 19.2 Å². The van der Waals surface area contributed by atoms with Crippen molar-refractivity contribution in [3.8, 4) is 0 Å². The molecule has 2 amide bonds. The molecule has 2 aromatic rings. The van der Waals surface area contributed by atoms with Crippen molar-refractivity contribution < 1.29 is 26.4 Å². The minimum absolute atomic E-state index is 0.0571. The first-order valence-corrected chi connectivity index (χ1v) is 16.5. The van der Waals surface area contributed by atoms with Gasteiger partial charge in [0.25, 0.3) is 11.8 Å². The lowest BCUT2D eigenvalue weighted by Gasteiger charge is -2.18. The minimum atomic E-state index is -3.96. The molecular formula is C24H30Cl4N4O6S2. The van der Waals surface area contributed by atoms with Crippen LogP contribution in [0.3, 0.4) is 0 Å². The molecule has 0 saturated carbocycles. The van der Waals surface area contributed by atoms with E-state index in [9.17, 15) is 26.4 Å². The number of carbonyl (C=O) groups excluding carboxylic acids is 2. The summed E-state index contributed by atoms with van der Waals surface area (Å²) in [5.41, 5.74) is -0.236. The molecule has 2 aromatic carbocycles. The van der Waals surface area contributed by atoms with Gasteiger partial charge in [0.2, 0.25) is 20.0 Å². The van der Waals surface area contributed by atoms with Gasteiger partial charge in [-0.3, -0.25) is 9.59 Å². The van der Waals surface area contributed by atoms with Crippen molar-refractivity contribution in [2.45, 2.75) is 36.5 Å². The number of halogens is 4. The number of carbonyl (C=O) groups is 2. The van der Waals surface area contributed by atoms with E-state index in [0.717, 1.165) is 20.7 Å². The SMILES string of the molecule is CCCN(C)S(=O)(=O)c1cc(C(=O)NCCNC(=O)c2cc(S(=O)(=O)N(C)CCC)c(Cl)cc2Cl)c(Cl)cc1Cl. The van der Waals surface area contributed by atoms with Gasteiger partial charge in [-0.15, -0.1) is 0 Å². The first kappa shape index (κ1) is 34.6. The molecule has 0 saturated heterocycles. The van der Waals surface area contributed by atoms with Crippen LogP contribution in [0.5, 0.6) is 0 Å². The molecular weight excluding hydrogens is 646 g/mol. The fourth-order valence-electron chi connectivity index (χ4n) is 3.55. The van der Waals surface area contributed by atoms with Crippen LogP contribution >= 0.6 is 46.4 Å². The fourth-order valence-corrected chi connectivity index (χ4v) is 7.73. The van der Waals surface area contributed by atoms with E-state index in [2.05, 4.69) is 10.6 Å². The number of nitrogens with one attached hydrogen (secondary N) is 2. The molecule has 10 nitrogen and oxygen atoms in total. The molecule has 2 rings (SSSR count). The molecule has 40 heavy (non-hydrogen) atoms. The first-order valence-electron chi connectivity index (χ1n) is 12.1. The second-order valence-corrected chi connectivity index (χ2v) is 14.3. The van der Waals surface area contributed by atoms with Gasteiger partial charge in [0.05, 0.1) is 31.2 Å². The molecule has 0 aliphatic carbocycles. The van der Waals surface area contributed by atoms with E-state index in [0.29, 0.717) is 12.8 Å². The zero-order chi connectivity index (χ0) is 30.4. The monoisotopic (exact) mass is 674 g/mol. The molecule has 0 atom stereocenters. The number of sulfonamides is 2. The Labute approximate surface area is 255 Å². The zero-order valence-electron chi connectivity index (χ0n) is 22.2.